The van der Waals surface area contributed by atoms with Crippen molar-refractivity contribution in [1.29, 1.82) is 0 Å². The van der Waals surface area contributed by atoms with E-state index in [1.54, 1.807) is 0 Å². The van der Waals surface area contributed by atoms with Gasteiger partial charge in [-0.05, 0) is 25.1 Å². The molecule has 140 valence electrons. The number of amides is 1. The molecular formula is C20H27N3O3. The zero-order chi connectivity index (χ0) is 18.4. The number of nitrogens with one attached hydrogen (secondary N) is 1. The number of rotatable bonds is 7. The van der Waals surface area contributed by atoms with Gasteiger partial charge >= 0.3 is 0 Å². The predicted molar refractivity (Wildman–Crippen MR) is 101 cm³/mol. The summed E-state index contributed by atoms with van der Waals surface area (Å²) in [6.45, 7) is 6.66. The molecule has 0 bridgehead atoms. The molecule has 1 aromatic heterocycles. The highest BCUT2D eigenvalue weighted by Crippen LogP contribution is 2.14. The fourth-order valence-corrected chi connectivity index (χ4v) is 2.96. The van der Waals surface area contributed by atoms with Crippen molar-refractivity contribution in [2.45, 2.75) is 19.5 Å². The quantitative estimate of drug-likeness (QED) is 0.824. The standard InChI is InChI=1S/C20H27N3O3/c1-16(22(2)18-6-4-3-5-7-18)13-21-20(24)17-12-19(26-15-17)14-23-8-10-25-11-9-23/h3-7,12,15-16H,8-11,13-14H2,1-2H3,(H,21,24)/t16-/m0/s1. The Balaban J connectivity index is 1.48. The second-order valence-corrected chi connectivity index (χ2v) is 6.70. The van der Waals surface area contributed by atoms with Crippen molar-refractivity contribution in [1.82, 2.24) is 10.2 Å². The van der Waals surface area contributed by atoms with Gasteiger partial charge in [-0.2, -0.15) is 0 Å². The molecule has 0 unspecified atom stereocenters. The largest absolute Gasteiger partial charge is 0.467 e. The number of furan rings is 1. The van der Waals surface area contributed by atoms with Crippen LogP contribution in [-0.2, 0) is 11.3 Å². The van der Waals surface area contributed by atoms with Gasteiger partial charge in [0, 0.05) is 38.4 Å². The Bertz CT molecular complexity index is 695. The number of benzene rings is 1. The zero-order valence-electron chi connectivity index (χ0n) is 15.5. The van der Waals surface area contributed by atoms with Crippen LogP contribution in [0.2, 0.25) is 0 Å². The van der Waals surface area contributed by atoms with Crippen LogP contribution in [0.15, 0.2) is 47.1 Å². The van der Waals surface area contributed by atoms with E-state index in [9.17, 15) is 4.79 Å². The number of carbonyl (C=O) groups is 1. The number of nitrogens with zero attached hydrogens (tertiary/aromatic N) is 2. The van der Waals surface area contributed by atoms with Crippen LogP contribution in [0.1, 0.15) is 23.0 Å². The highest BCUT2D eigenvalue weighted by Gasteiger charge is 2.16. The lowest BCUT2D eigenvalue weighted by Crippen LogP contribution is -2.40. The Kier molecular flexibility index (Phi) is 6.30. The first kappa shape index (κ1) is 18.5. The van der Waals surface area contributed by atoms with Crippen molar-refractivity contribution in [3.8, 4) is 0 Å². The summed E-state index contributed by atoms with van der Waals surface area (Å²) in [4.78, 5) is 16.8. The van der Waals surface area contributed by atoms with Gasteiger partial charge in [0.1, 0.15) is 12.0 Å². The lowest BCUT2D eigenvalue weighted by Gasteiger charge is -2.27. The maximum atomic E-state index is 12.4. The smallest absolute Gasteiger partial charge is 0.254 e. The van der Waals surface area contributed by atoms with Crippen molar-refractivity contribution in [3.63, 3.8) is 0 Å². The van der Waals surface area contributed by atoms with E-state index in [2.05, 4.69) is 34.2 Å². The molecule has 6 heteroatoms. The van der Waals surface area contributed by atoms with E-state index in [1.807, 2.05) is 31.3 Å². The molecule has 1 aliphatic heterocycles. The lowest BCUT2D eigenvalue weighted by atomic mass is 10.2. The van der Waals surface area contributed by atoms with E-state index in [0.717, 1.165) is 37.8 Å². The number of anilines is 1. The second kappa shape index (κ2) is 8.87. The number of hydrogen-bond acceptors (Lipinski definition) is 5. The van der Waals surface area contributed by atoms with Gasteiger partial charge in [0.15, 0.2) is 0 Å². The molecule has 0 saturated carbocycles. The molecule has 2 aromatic rings. The highest BCUT2D eigenvalue weighted by molar-refractivity contribution is 5.94. The molecular weight excluding hydrogens is 330 g/mol. The number of ether oxygens (including phenoxy) is 1. The van der Waals surface area contributed by atoms with Crippen LogP contribution in [-0.4, -0.2) is 56.7 Å². The molecule has 2 heterocycles. The maximum Gasteiger partial charge on any atom is 0.254 e. The third kappa shape index (κ3) is 4.86. The number of morpholine rings is 1. The summed E-state index contributed by atoms with van der Waals surface area (Å²) in [5, 5.41) is 2.99. The van der Waals surface area contributed by atoms with E-state index in [4.69, 9.17) is 9.15 Å². The topological polar surface area (TPSA) is 58.0 Å². The SMILES string of the molecule is C[C@@H](CNC(=O)c1coc(CN2CCOCC2)c1)N(C)c1ccccc1. The maximum absolute atomic E-state index is 12.4. The summed E-state index contributed by atoms with van der Waals surface area (Å²) in [6.07, 6.45) is 1.54. The molecule has 6 nitrogen and oxygen atoms in total. The van der Waals surface area contributed by atoms with Gasteiger partial charge in [-0.15, -0.1) is 0 Å². The van der Waals surface area contributed by atoms with Crippen molar-refractivity contribution < 1.29 is 13.9 Å². The van der Waals surface area contributed by atoms with Gasteiger partial charge in [-0.25, -0.2) is 0 Å². The minimum absolute atomic E-state index is 0.102. The Labute approximate surface area is 154 Å². The molecule has 1 aromatic carbocycles. The Morgan fingerprint density at radius 1 is 1.27 bits per heavy atom. The summed E-state index contributed by atoms with van der Waals surface area (Å²) in [7, 11) is 2.03. The van der Waals surface area contributed by atoms with Crippen LogP contribution in [0.4, 0.5) is 5.69 Å². The summed E-state index contributed by atoms with van der Waals surface area (Å²) in [5.41, 5.74) is 1.70. The Hall–Kier alpha value is -2.31. The molecule has 1 aliphatic rings. The van der Waals surface area contributed by atoms with Crippen LogP contribution >= 0.6 is 0 Å². The van der Waals surface area contributed by atoms with E-state index in [0.29, 0.717) is 18.7 Å². The molecule has 1 fully saturated rings. The third-order valence-electron chi connectivity index (χ3n) is 4.78. The molecule has 26 heavy (non-hydrogen) atoms. The molecule has 0 spiro atoms. The van der Waals surface area contributed by atoms with Crippen molar-refractivity contribution in [2.24, 2.45) is 0 Å². The molecule has 0 radical (unpaired) electrons. The Morgan fingerprint density at radius 3 is 2.73 bits per heavy atom. The Morgan fingerprint density at radius 2 is 2.00 bits per heavy atom. The van der Waals surface area contributed by atoms with E-state index in [-0.39, 0.29) is 11.9 Å². The third-order valence-corrected chi connectivity index (χ3v) is 4.78. The monoisotopic (exact) mass is 357 g/mol. The van der Waals surface area contributed by atoms with Crippen molar-refractivity contribution >= 4 is 11.6 Å². The van der Waals surface area contributed by atoms with Crippen molar-refractivity contribution in [2.75, 3.05) is 44.8 Å². The fraction of sp³-hybridized carbons (Fsp3) is 0.450. The molecule has 0 aliphatic carbocycles. The van der Waals surface area contributed by atoms with E-state index in [1.165, 1.54) is 6.26 Å². The first-order valence-electron chi connectivity index (χ1n) is 9.07. The molecule has 1 atom stereocenters. The van der Waals surface area contributed by atoms with Gasteiger partial charge in [0.25, 0.3) is 5.91 Å². The normalized spacial score (nSPS) is 16.2. The van der Waals surface area contributed by atoms with Crippen LogP contribution < -0.4 is 10.2 Å². The minimum Gasteiger partial charge on any atom is -0.467 e. The van der Waals surface area contributed by atoms with Gasteiger partial charge in [0.05, 0.1) is 25.3 Å². The highest BCUT2D eigenvalue weighted by atomic mass is 16.5. The lowest BCUT2D eigenvalue weighted by molar-refractivity contribution is 0.0313. The molecule has 1 N–H and O–H groups in total. The van der Waals surface area contributed by atoms with Crippen molar-refractivity contribution in [3.05, 3.63) is 54.0 Å². The van der Waals surface area contributed by atoms with E-state index < -0.39 is 0 Å². The number of hydrogen-bond donors (Lipinski definition) is 1. The molecule has 1 saturated heterocycles. The second-order valence-electron chi connectivity index (χ2n) is 6.70. The van der Waals surface area contributed by atoms with Crippen LogP contribution in [0, 0.1) is 0 Å². The summed E-state index contributed by atoms with van der Waals surface area (Å²) in [5.74, 6) is 0.710. The molecule has 3 rings (SSSR count). The van der Waals surface area contributed by atoms with Gasteiger partial charge < -0.3 is 19.4 Å². The first-order chi connectivity index (χ1) is 12.6. The average molecular weight is 357 g/mol. The van der Waals surface area contributed by atoms with Gasteiger partial charge in [-0.1, -0.05) is 18.2 Å². The minimum atomic E-state index is -0.102. The van der Waals surface area contributed by atoms with Gasteiger partial charge in [-0.3, -0.25) is 9.69 Å². The predicted octanol–water partition coefficient (Wildman–Crippen LogP) is 2.37. The van der Waals surface area contributed by atoms with E-state index >= 15 is 0 Å². The van der Waals surface area contributed by atoms with Crippen LogP contribution in [0.3, 0.4) is 0 Å². The number of carbonyl (C=O) groups excluding carboxylic acids is 1. The average Bonchev–Trinajstić information content (AvgIpc) is 3.15. The zero-order valence-corrected chi connectivity index (χ0v) is 15.5. The number of para-hydroxylation sites is 1. The summed E-state index contributed by atoms with van der Waals surface area (Å²) < 4.78 is 10.9. The van der Waals surface area contributed by atoms with Crippen LogP contribution in [0.25, 0.3) is 0 Å². The first-order valence-corrected chi connectivity index (χ1v) is 9.07. The number of likely N-dealkylation sites (N-methyl/N-ethyl adjacent to an activating group) is 1. The summed E-state index contributed by atoms with van der Waals surface area (Å²) >= 11 is 0. The van der Waals surface area contributed by atoms with Gasteiger partial charge in [0.2, 0.25) is 0 Å². The fourth-order valence-electron chi connectivity index (χ4n) is 2.96. The summed E-state index contributed by atoms with van der Waals surface area (Å²) in [6, 6.07) is 12.2. The molecule has 1 amide bonds. The van der Waals surface area contributed by atoms with Crippen LogP contribution in [0.5, 0.6) is 0 Å².